The van der Waals surface area contributed by atoms with Crippen molar-refractivity contribution in [3.63, 3.8) is 0 Å². The van der Waals surface area contributed by atoms with E-state index in [0.717, 1.165) is 17.5 Å². The van der Waals surface area contributed by atoms with Crippen LogP contribution in [0.3, 0.4) is 0 Å². The molecule has 0 aliphatic carbocycles. The van der Waals surface area contributed by atoms with Crippen molar-refractivity contribution in [3.05, 3.63) is 27.8 Å². The summed E-state index contributed by atoms with van der Waals surface area (Å²) in [5.41, 5.74) is 2.62. The first-order valence-electron chi connectivity index (χ1n) is 6.55. The first kappa shape index (κ1) is 14.7. The fourth-order valence-corrected chi connectivity index (χ4v) is 2.84. The molecule has 0 spiro atoms. The molecule has 0 aliphatic heterocycles. The number of nitro benzene ring substituents is 1. The molecular weight excluding hydrogens is 278 g/mol. The molecule has 0 atom stereocenters. The number of benzene rings is 1. The van der Waals surface area contributed by atoms with Crippen molar-refractivity contribution in [2.24, 2.45) is 0 Å². The van der Waals surface area contributed by atoms with E-state index in [1.165, 1.54) is 11.3 Å². The zero-order valence-electron chi connectivity index (χ0n) is 11.3. The summed E-state index contributed by atoms with van der Waals surface area (Å²) in [5.74, 6) is 0. The molecule has 0 radical (unpaired) electrons. The quantitative estimate of drug-likeness (QED) is 0.627. The van der Waals surface area contributed by atoms with E-state index in [9.17, 15) is 15.2 Å². The second kappa shape index (κ2) is 6.62. The van der Waals surface area contributed by atoms with E-state index in [1.54, 1.807) is 11.6 Å². The maximum Gasteiger partial charge on any atom is 0.319 e. The highest BCUT2D eigenvalue weighted by atomic mass is 32.1. The van der Waals surface area contributed by atoms with Crippen LogP contribution in [0.5, 0.6) is 0 Å². The minimum Gasteiger partial charge on any atom is -0.395 e. The van der Waals surface area contributed by atoms with Gasteiger partial charge in [-0.2, -0.15) is 0 Å². The van der Waals surface area contributed by atoms with Gasteiger partial charge in [-0.3, -0.25) is 10.1 Å². The molecule has 108 valence electrons. The summed E-state index contributed by atoms with van der Waals surface area (Å²) in [5, 5.41) is 20.6. The van der Waals surface area contributed by atoms with Crippen LogP contribution in [0.25, 0.3) is 10.2 Å². The number of hydrogen-bond donors (Lipinski definition) is 1. The molecule has 0 saturated heterocycles. The number of rotatable bonds is 7. The Balaban J connectivity index is 2.49. The summed E-state index contributed by atoms with van der Waals surface area (Å²) in [6.07, 6.45) is 1.92. The first-order valence-corrected chi connectivity index (χ1v) is 7.43. The van der Waals surface area contributed by atoms with Gasteiger partial charge in [-0.05, 0) is 18.6 Å². The maximum absolute atomic E-state index is 11.4. The summed E-state index contributed by atoms with van der Waals surface area (Å²) in [7, 11) is 0. The van der Waals surface area contributed by atoms with Crippen molar-refractivity contribution in [2.75, 3.05) is 24.6 Å². The Labute approximate surface area is 120 Å². The average Bonchev–Trinajstić information content (AvgIpc) is 2.90. The van der Waals surface area contributed by atoms with E-state index < -0.39 is 0 Å². The number of aliphatic hydroxyl groups is 1. The summed E-state index contributed by atoms with van der Waals surface area (Å²) >= 11 is 1.39. The number of anilines is 1. The molecule has 1 aromatic heterocycles. The van der Waals surface area contributed by atoms with E-state index in [0.29, 0.717) is 24.3 Å². The van der Waals surface area contributed by atoms with Gasteiger partial charge in [-0.15, -0.1) is 11.3 Å². The van der Waals surface area contributed by atoms with Crippen LogP contribution in [-0.4, -0.2) is 34.7 Å². The highest BCUT2D eigenvalue weighted by molar-refractivity contribution is 7.16. The van der Waals surface area contributed by atoms with Crippen molar-refractivity contribution in [1.29, 1.82) is 0 Å². The van der Waals surface area contributed by atoms with Gasteiger partial charge in [-0.1, -0.05) is 13.3 Å². The number of hydrogen-bond acceptors (Lipinski definition) is 6. The van der Waals surface area contributed by atoms with Crippen LogP contribution in [0, 0.1) is 10.1 Å². The van der Waals surface area contributed by atoms with Crippen molar-refractivity contribution in [1.82, 2.24) is 4.98 Å². The molecule has 2 rings (SSSR count). The summed E-state index contributed by atoms with van der Waals surface area (Å²) in [6.45, 7) is 3.11. The number of aromatic nitrogens is 1. The van der Waals surface area contributed by atoms with Gasteiger partial charge in [0.25, 0.3) is 0 Å². The molecule has 1 N–H and O–H groups in total. The van der Waals surface area contributed by atoms with E-state index >= 15 is 0 Å². The standard InChI is InChI=1S/C13H17N3O3S/c1-2-3-6-15(7-8-17)10-4-5-11-12(14-9-20-11)13(10)16(18)19/h4-5,9,17H,2-3,6-8H2,1H3. The smallest absolute Gasteiger partial charge is 0.319 e. The number of unbranched alkanes of at least 4 members (excludes halogenated alkanes) is 1. The van der Waals surface area contributed by atoms with Crippen molar-refractivity contribution >= 4 is 32.9 Å². The molecule has 2 aromatic rings. The Morgan fingerprint density at radius 3 is 2.90 bits per heavy atom. The van der Waals surface area contributed by atoms with Gasteiger partial charge < -0.3 is 10.0 Å². The largest absolute Gasteiger partial charge is 0.395 e. The fourth-order valence-electron chi connectivity index (χ4n) is 2.16. The molecule has 20 heavy (non-hydrogen) atoms. The topological polar surface area (TPSA) is 79.5 Å². The second-order valence-electron chi connectivity index (χ2n) is 4.45. The van der Waals surface area contributed by atoms with Crippen LogP contribution in [0.4, 0.5) is 11.4 Å². The highest BCUT2D eigenvalue weighted by Gasteiger charge is 2.24. The predicted molar refractivity (Wildman–Crippen MR) is 80.5 cm³/mol. The minimum absolute atomic E-state index is 0.0318. The van der Waals surface area contributed by atoms with Crippen molar-refractivity contribution in [2.45, 2.75) is 19.8 Å². The lowest BCUT2D eigenvalue weighted by Gasteiger charge is -2.23. The second-order valence-corrected chi connectivity index (χ2v) is 5.34. The van der Waals surface area contributed by atoms with Crippen LogP contribution in [-0.2, 0) is 0 Å². The number of thiazole rings is 1. The lowest BCUT2D eigenvalue weighted by molar-refractivity contribution is -0.382. The predicted octanol–water partition coefficient (Wildman–Crippen LogP) is 2.80. The zero-order valence-corrected chi connectivity index (χ0v) is 12.1. The Hall–Kier alpha value is -1.73. The number of fused-ring (bicyclic) bond motifs is 1. The van der Waals surface area contributed by atoms with E-state index in [-0.39, 0.29) is 17.2 Å². The zero-order chi connectivity index (χ0) is 14.5. The van der Waals surface area contributed by atoms with E-state index in [1.807, 2.05) is 11.0 Å². The van der Waals surface area contributed by atoms with Gasteiger partial charge in [0.1, 0.15) is 5.69 Å². The van der Waals surface area contributed by atoms with Gasteiger partial charge in [-0.25, -0.2) is 4.98 Å². The molecule has 0 fully saturated rings. The van der Waals surface area contributed by atoms with Gasteiger partial charge in [0.15, 0.2) is 5.52 Å². The van der Waals surface area contributed by atoms with Crippen LogP contribution in [0.15, 0.2) is 17.6 Å². The normalized spacial score (nSPS) is 10.9. The Kier molecular flexibility index (Phi) is 4.86. The van der Waals surface area contributed by atoms with E-state index in [2.05, 4.69) is 11.9 Å². The highest BCUT2D eigenvalue weighted by Crippen LogP contribution is 2.36. The number of nitrogens with zero attached hydrogens (tertiary/aromatic N) is 3. The van der Waals surface area contributed by atoms with Gasteiger partial charge in [0, 0.05) is 13.1 Å². The summed E-state index contributed by atoms with van der Waals surface area (Å²) in [4.78, 5) is 17.0. The number of nitro groups is 1. The third-order valence-corrected chi connectivity index (χ3v) is 3.92. The molecule has 0 unspecified atom stereocenters. The van der Waals surface area contributed by atoms with E-state index in [4.69, 9.17) is 0 Å². The van der Waals surface area contributed by atoms with Gasteiger partial charge in [0.2, 0.25) is 0 Å². The van der Waals surface area contributed by atoms with Crippen LogP contribution in [0.2, 0.25) is 0 Å². The Morgan fingerprint density at radius 1 is 1.45 bits per heavy atom. The molecule has 1 heterocycles. The van der Waals surface area contributed by atoms with Gasteiger partial charge in [0.05, 0.1) is 21.7 Å². The molecule has 0 saturated carbocycles. The average molecular weight is 295 g/mol. The molecule has 1 aromatic carbocycles. The third-order valence-electron chi connectivity index (χ3n) is 3.13. The molecule has 6 nitrogen and oxygen atoms in total. The molecule has 0 aliphatic rings. The molecule has 0 bridgehead atoms. The Morgan fingerprint density at radius 2 is 2.25 bits per heavy atom. The van der Waals surface area contributed by atoms with Gasteiger partial charge >= 0.3 is 5.69 Å². The monoisotopic (exact) mass is 295 g/mol. The SMILES string of the molecule is CCCCN(CCO)c1ccc2scnc2c1[N+](=O)[O-]. The van der Waals surface area contributed by atoms with Crippen LogP contribution >= 0.6 is 11.3 Å². The molecule has 7 heteroatoms. The first-order chi connectivity index (χ1) is 9.69. The Bertz CT molecular complexity index is 600. The maximum atomic E-state index is 11.4. The minimum atomic E-state index is -0.381. The summed E-state index contributed by atoms with van der Waals surface area (Å²) in [6, 6.07) is 3.61. The van der Waals surface area contributed by atoms with Crippen molar-refractivity contribution in [3.8, 4) is 0 Å². The molecular formula is C13H17N3O3S. The molecule has 0 amide bonds. The number of aliphatic hydroxyl groups excluding tert-OH is 1. The lowest BCUT2D eigenvalue weighted by atomic mass is 10.2. The van der Waals surface area contributed by atoms with Crippen molar-refractivity contribution < 1.29 is 10.0 Å². The summed E-state index contributed by atoms with van der Waals surface area (Å²) < 4.78 is 0.805. The third kappa shape index (κ3) is 2.88. The van der Waals surface area contributed by atoms with Crippen LogP contribution in [0.1, 0.15) is 19.8 Å². The van der Waals surface area contributed by atoms with Crippen LogP contribution < -0.4 is 4.90 Å². The lowest BCUT2D eigenvalue weighted by Crippen LogP contribution is -2.28. The fraction of sp³-hybridized carbons (Fsp3) is 0.462.